The van der Waals surface area contributed by atoms with E-state index in [0.29, 0.717) is 16.8 Å². The minimum atomic E-state index is -0.487. The third kappa shape index (κ3) is 3.63. The van der Waals surface area contributed by atoms with Crippen molar-refractivity contribution in [1.82, 2.24) is 24.6 Å². The largest absolute Gasteiger partial charge is 0.343 e. The zero-order valence-electron chi connectivity index (χ0n) is 17.7. The first-order valence-corrected chi connectivity index (χ1v) is 10.7. The molecule has 0 bridgehead atoms. The van der Waals surface area contributed by atoms with Crippen LogP contribution < -0.4 is 0 Å². The number of likely N-dealkylation sites (tertiary alicyclic amines) is 1. The number of aromatic nitrogens is 4. The summed E-state index contributed by atoms with van der Waals surface area (Å²) >= 11 is 0. The van der Waals surface area contributed by atoms with Crippen molar-refractivity contribution in [3.63, 3.8) is 0 Å². The van der Waals surface area contributed by atoms with Crippen LogP contribution in [0.4, 0.5) is 8.78 Å². The van der Waals surface area contributed by atoms with E-state index in [4.69, 9.17) is 0 Å². The van der Waals surface area contributed by atoms with E-state index in [-0.39, 0.29) is 11.9 Å². The lowest BCUT2D eigenvalue weighted by atomic mass is 10.00. The maximum Gasteiger partial charge on any atom is 0.240 e. The lowest BCUT2D eigenvalue weighted by Crippen LogP contribution is -2.31. The van der Waals surface area contributed by atoms with E-state index in [1.165, 1.54) is 12.1 Å². The molecule has 5 nitrogen and oxygen atoms in total. The number of pyridine rings is 1. The molecular weight excluding hydrogens is 396 g/mol. The number of aryl methyl sites for hydroxylation is 1. The van der Waals surface area contributed by atoms with Gasteiger partial charge >= 0.3 is 0 Å². The third-order valence-corrected chi connectivity index (χ3v) is 6.26. The average Bonchev–Trinajstić information content (AvgIpc) is 3.34. The molecule has 4 aromatic rings. The van der Waals surface area contributed by atoms with Crippen molar-refractivity contribution in [3.05, 3.63) is 60.2 Å². The number of nitrogens with zero attached hydrogens (tertiary/aromatic N) is 4. The first kappa shape index (κ1) is 19.9. The molecule has 1 aliphatic rings. The highest BCUT2D eigenvalue weighted by molar-refractivity contribution is 5.97. The van der Waals surface area contributed by atoms with Crippen molar-refractivity contribution in [3.8, 4) is 22.3 Å². The van der Waals surface area contributed by atoms with E-state index in [1.807, 2.05) is 19.1 Å². The fraction of sp³-hybridized carbons (Fsp3) is 0.333. The molecule has 1 aromatic carbocycles. The van der Waals surface area contributed by atoms with Crippen LogP contribution in [0.2, 0.25) is 0 Å². The predicted molar refractivity (Wildman–Crippen MR) is 118 cm³/mol. The lowest BCUT2D eigenvalue weighted by Gasteiger charge is -2.28. The van der Waals surface area contributed by atoms with Gasteiger partial charge in [-0.05, 0) is 63.2 Å². The highest BCUT2D eigenvalue weighted by atomic mass is 19.1. The quantitative estimate of drug-likeness (QED) is 0.493. The Morgan fingerprint density at radius 2 is 1.94 bits per heavy atom. The number of halogens is 2. The highest BCUT2D eigenvalue weighted by Crippen LogP contribution is 2.35. The zero-order valence-corrected chi connectivity index (χ0v) is 17.7. The summed E-state index contributed by atoms with van der Waals surface area (Å²) in [6, 6.07) is 8.67. The molecule has 7 heteroatoms. The molecule has 3 aromatic heterocycles. The Balaban J connectivity index is 1.58. The first-order valence-electron chi connectivity index (χ1n) is 10.7. The van der Waals surface area contributed by atoms with Gasteiger partial charge in [0, 0.05) is 34.6 Å². The van der Waals surface area contributed by atoms with Crippen molar-refractivity contribution < 1.29 is 8.78 Å². The van der Waals surface area contributed by atoms with Crippen molar-refractivity contribution >= 4 is 11.0 Å². The van der Waals surface area contributed by atoms with Gasteiger partial charge in [0.1, 0.15) is 11.5 Å². The predicted octanol–water partition coefficient (Wildman–Crippen LogP) is 5.20. The minimum absolute atomic E-state index is 0.206. The monoisotopic (exact) mass is 421 g/mol. The Labute approximate surface area is 179 Å². The zero-order chi connectivity index (χ0) is 21.5. The van der Waals surface area contributed by atoms with E-state index in [9.17, 15) is 8.78 Å². The molecular formula is C24H25F2N5. The number of aromatic amines is 1. The molecule has 0 saturated carbocycles. The van der Waals surface area contributed by atoms with Crippen LogP contribution in [0.5, 0.6) is 0 Å². The lowest BCUT2D eigenvalue weighted by molar-refractivity contribution is 0.210. The van der Waals surface area contributed by atoms with Gasteiger partial charge in [-0.1, -0.05) is 19.1 Å². The number of piperidine rings is 1. The standard InChI is InChI=1S/C24H25F2N5/c1-3-21-22(15-5-4-6-17(25)11-15)19-12-16(13-27-24(19)28-21)20-14-31(29-23(20)26)18-7-9-30(2)10-8-18/h4-6,11-14,18H,3,7-10H2,1-2H3,(H,27,28). The number of hydrogen-bond acceptors (Lipinski definition) is 3. The fourth-order valence-electron chi connectivity index (χ4n) is 4.52. The summed E-state index contributed by atoms with van der Waals surface area (Å²) in [5.41, 5.74) is 4.50. The SMILES string of the molecule is CCc1[nH]c2ncc(-c3cn(C4CCN(C)CC4)nc3F)cc2c1-c1cccc(F)c1. The van der Waals surface area contributed by atoms with E-state index in [1.54, 1.807) is 23.1 Å². The summed E-state index contributed by atoms with van der Waals surface area (Å²) in [6.07, 6.45) is 6.13. The number of rotatable bonds is 4. The molecule has 5 rings (SSSR count). The molecule has 0 aliphatic carbocycles. The van der Waals surface area contributed by atoms with Crippen LogP contribution >= 0.6 is 0 Å². The third-order valence-electron chi connectivity index (χ3n) is 6.26. The van der Waals surface area contributed by atoms with Crippen molar-refractivity contribution in [2.45, 2.75) is 32.2 Å². The van der Waals surface area contributed by atoms with E-state index < -0.39 is 5.95 Å². The topological polar surface area (TPSA) is 49.7 Å². The van der Waals surface area contributed by atoms with Gasteiger partial charge in [0.05, 0.1) is 11.6 Å². The Bertz CT molecular complexity index is 1230. The Morgan fingerprint density at radius 3 is 2.68 bits per heavy atom. The highest BCUT2D eigenvalue weighted by Gasteiger charge is 2.22. The van der Waals surface area contributed by atoms with Gasteiger partial charge in [-0.15, -0.1) is 5.10 Å². The van der Waals surface area contributed by atoms with Crippen molar-refractivity contribution in [1.29, 1.82) is 0 Å². The molecule has 0 spiro atoms. The van der Waals surface area contributed by atoms with Crippen LogP contribution in [0.3, 0.4) is 0 Å². The van der Waals surface area contributed by atoms with Crippen LogP contribution in [0.15, 0.2) is 42.7 Å². The van der Waals surface area contributed by atoms with Gasteiger partial charge in [0.25, 0.3) is 0 Å². The molecule has 1 saturated heterocycles. The van der Waals surface area contributed by atoms with Gasteiger partial charge < -0.3 is 9.88 Å². The number of nitrogens with one attached hydrogen (secondary N) is 1. The van der Waals surface area contributed by atoms with Crippen LogP contribution in [0.25, 0.3) is 33.3 Å². The summed E-state index contributed by atoms with van der Waals surface area (Å²) < 4.78 is 30.5. The molecule has 31 heavy (non-hydrogen) atoms. The summed E-state index contributed by atoms with van der Waals surface area (Å²) in [5.74, 6) is -0.776. The summed E-state index contributed by atoms with van der Waals surface area (Å²) in [5, 5.41) is 5.03. The number of benzene rings is 1. The van der Waals surface area contributed by atoms with Gasteiger partial charge in [-0.2, -0.15) is 4.39 Å². The molecule has 0 amide bonds. The summed E-state index contributed by atoms with van der Waals surface area (Å²) in [4.78, 5) is 10.2. The first-order chi connectivity index (χ1) is 15.0. The Kier molecular flexibility index (Phi) is 5.06. The molecule has 1 aliphatic heterocycles. The second-order valence-corrected chi connectivity index (χ2v) is 8.31. The molecule has 4 heterocycles. The van der Waals surface area contributed by atoms with Gasteiger partial charge in [0.2, 0.25) is 5.95 Å². The molecule has 160 valence electrons. The van der Waals surface area contributed by atoms with Gasteiger partial charge in [0.15, 0.2) is 0 Å². The van der Waals surface area contributed by atoms with E-state index >= 15 is 0 Å². The number of hydrogen-bond donors (Lipinski definition) is 1. The Morgan fingerprint density at radius 1 is 1.13 bits per heavy atom. The van der Waals surface area contributed by atoms with E-state index in [2.05, 4.69) is 27.0 Å². The molecule has 0 atom stereocenters. The second kappa shape index (κ2) is 7.89. The minimum Gasteiger partial charge on any atom is -0.343 e. The molecule has 1 fully saturated rings. The normalized spacial score (nSPS) is 15.7. The van der Waals surface area contributed by atoms with Crippen LogP contribution in [0.1, 0.15) is 31.5 Å². The Hall–Kier alpha value is -3.06. The van der Waals surface area contributed by atoms with E-state index in [0.717, 1.165) is 54.6 Å². The smallest absolute Gasteiger partial charge is 0.240 e. The molecule has 0 radical (unpaired) electrons. The number of fused-ring (bicyclic) bond motifs is 1. The molecule has 0 unspecified atom stereocenters. The number of H-pyrrole nitrogens is 1. The van der Waals surface area contributed by atoms with Crippen molar-refractivity contribution in [2.24, 2.45) is 0 Å². The maximum atomic E-state index is 14.8. The second-order valence-electron chi connectivity index (χ2n) is 8.31. The molecule has 1 N–H and O–H groups in total. The maximum absolute atomic E-state index is 14.8. The van der Waals surface area contributed by atoms with Gasteiger partial charge in [-0.25, -0.2) is 9.37 Å². The fourth-order valence-corrected chi connectivity index (χ4v) is 4.52. The van der Waals surface area contributed by atoms with Crippen LogP contribution in [-0.2, 0) is 6.42 Å². The van der Waals surface area contributed by atoms with Crippen LogP contribution in [0, 0.1) is 11.8 Å². The van der Waals surface area contributed by atoms with Crippen LogP contribution in [-0.4, -0.2) is 44.8 Å². The van der Waals surface area contributed by atoms with Gasteiger partial charge in [-0.3, -0.25) is 4.68 Å². The average molecular weight is 421 g/mol. The summed E-state index contributed by atoms with van der Waals surface area (Å²) in [6.45, 7) is 4.00. The van der Waals surface area contributed by atoms with Crippen molar-refractivity contribution in [2.75, 3.05) is 20.1 Å². The summed E-state index contributed by atoms with van der Waals surface area (Å²) in [7, 11) is 2.10.